The Morgan fingerprint density at radius 1 is 1.21 bits per heavy atom. The van der Waals surface area contributed by atoms with E-state index in [9.17, 15) is 0 Å². The van der Waals surface area contributed by atoms with Crippen molar-refractivity contribution in [3.05, 3.63) is 34.3 Å². The quantitative estimate of drug-likeness (QED) is 0.890. The monoisotopic (exact) mass is 321 g/mol. The molecule has 0 amide bonds. The van der Waals surface area contributed by atoms with E-state index in [1.165, 1.54) is 42.9 Å². The van der Waals surface area contributed by atoms with Crippen LogP contribution in [-0.4, -0.2) is 55.7 Å². The van der Waals surface area contributed by atoms with Crippen molar-refractivity contribution in [3.8, 4) is 0 Å². The van der Waals surface area contributed by atoms with Crippen molar-refractivity contribution in [1.29, 1.82) is 0 Å². The fourth-order valence-electron chi connectivity index (χ4n) is 4.77. The van der Waals surface area contributed by atoms with Gasteiger partial charge in [-0.3, -0.25) is 9.80 Å². The maximum Gasteiger partial charge on any atom is 0.0507 e. The summed E-state index contributed by atoms with van der Waals surface area (Å²) in [7, 11) is 2.14. The molecule has 4 saturated heterocycles. The number of nitrogens with zero attached hydrogens (tertiary/aromatic N) is 2. The zero-order valence-corrected chi connectivity index (χ0v) is 12.9. The Morgan fingerprint density at radius 2 is 1.89 bits per heavy atom. The Labute approximate surface area is 123 Å². The first-order chi connectivity index (χ1) is 9.23. The van der Waals surface area contributed by atoms with Crippen molar-refractivity contribution < 1.29 is 0 Å². The van der Waals surface area contributed by atoms with E-state index in [2.05, 4.69) is 62.4 Å². The summed E-state index contributed by atoms with van der Waals surface area (Å²) in [5.41, 5.74) is 1.72. The van der Waals surface area contributed by atoms with Gasteiger partial charge in [0.05, 0.1) is 6.67 Å². The van der Waals surface area contributed by atoms with Gasteiger partial charge in [-0.15, -0.1) is 0 Å². The molecule has 4 aliphatic heterocycles. The van der Waals surface area contributed by atoms with Gasteiger partial charge in [0.25, 0.3) is 0 Å². The number of benzene rings is 1. The molecule has 102 valence electrons. The van der Waals surface area contributed by atoms with E-state index in [1.54, 1.807) is 0 Å². The number of likely N-dealkylation sites (N-methyl/N-ethyl adjacent to an activating group) is 1. The van der Waals surface area contributed by atoms with Crippen molar-refractivity contribution in [3.63, 3.8) is 0 Å². The fourth-order valence-corrected chi connectivity index (χ4v) is 5.45. The molecule has 4 heteroatoms. The largest absolute Gasteiger partial charge is 0.316 e. The molecule has 3 unspecified atom stereocenters. The number of hydrogen-bond acceptors (Lipinski definition) is 3. The van der Waals surface area contributed by atoms with Crippen molar-refractivity contribution in [2.45, 2.75) is 11.5 Å². The van der Waals surface area contributed by atoms with Gasteiger partial charge in [-0.1, -0.05) is 34.1 Å². The van der Waals surface area contributed by atoms with Gasteiger partial charge >= 0.3 is 0 Å². The molecule has 0 aromatic heterocycles. The van der Waals surface area contributed by atoms with Crippen LogP contribution in [0.5, 0.6) is 0 Å². The molecule has 19 heavy (non-hydrogen) atoms. The zero-order valence-electron chi connectivity index (χ0n) is 11.3. The van der Waals surface area contributed by atoms with Gasteiger partial charge < -0.3 is 5.32 Å². The summed E-state index contributed by atoms with van der Waals surface area (Å²) in [5, 5.41) is 3.64. The van der Waals surface area contributed by atoms with Crippen LogP contribution < -0.4 is 5.32 Å². The van der Waals surface area contributed by atoms with Gasteiger partial charge in [0.2, 0.25) is 0 Å². The SMILES string of the molecule is CNC1C2CN3CN(C2)CC1(c1ccccc1Br)C3. The topological polar surface area (TPSA) is 18.5 Å². The molecule has 4 heterocycles. The Morgan fingerprint density at radius 3 is 2.53 bits per heavy atom. The highest BCUT2D eigenvalue weighted by atomic mass is 79.9. The average molecular weight is 322 g/mol. The summed E-state index contributed by atoms with van der Waals surface area (Å²) >= 11 is 3.78. The first kappa shape index (κ1) is 12.3. The van der Waals surface area contributed by atoms with Crippen LogP contribution in [-0.2, 0) is 5.41 Å². The summed E-state index contributed by atoms with van der Waals surface area (Å²) in [4.78, 5) is 5.26. The number of hydrogen-bond donors (Lipinski definition) is 1. The van der Waals surface area contributed by atoms with E-state index >= 15 is 0 Å². The maximum atomic E-state index is 3.78. The van der Waals surface area contributed by atoms with Gasteiger partial charge in [0.15, 0.2) is 0 Å². The van der Waals surface area contributed by atoms with Crippen molar-refractivity contribution in [2.24, 2.45) is 5.92 Å². The first-order valence-electron chi connectivity index (χ1n) is 7.10. The third-order valence-corrected chi connectivity index (χ3v) is 5.88. The van der Waals surface area contributed by atoms with E-state index in [-0.39, 0.29) is 5.41 Å². The van der Waals surface area contributed by atoms with Gasteiger partial charge in [0, 0.05) is 48.0 Å². The smallest absolute Gasteiger partial charge is 0.0507 e. The fraction of sp³-hybridized carbons (Fsp3) is 0.600. The van der Waals surface area contributed by atoms with Crippen molar-refractivity contribution >= 4 is 15.9 Å². The van der Waals surface area contributed by atoms with Crippen LogP contribution in [0.25, 0.3) is 0 Å². The second-order valence-corrected chi connectivity index (χ2v) is 7.18. The van der Waals surface area contributed by atoms with Gasteiger partial charge in [-0.2, -0.15) is 0 Å². The van der Waals surface area contributed by atoms with Crippen molar-refractivity contribution in [1.82, 2.24) is 15.1 Å². The lowest BCUT2D eigenvalue weighted by molar-refractivity contribution is -0.106. The van der Waals surface area contributed by atoms with Crippen LogP contribution in [0.15, 0.2) is 28.7 Å². The number of rotatable bonds is 2. The van der Waals surface area contributed by atoms with Crippen LogP contribution in [0.2, 0.25) is 0 Å². The Hall–Kier alpha value is -0.420. The molecule has 3 atom stereocenters. The molecule has 5 rings (SSSR count). The van der Waals surface area contributed by atoms with Crippen LogP contribution in [0.3, 0.4) is 0 Å². The molecular formula is C15H20BrN3. The minimum atomic E-state index is 0.244. The summed E-state index contributed by atoms with van der Waals surface area (Å²) in [6.07, 6.45) is 0. The average Bonchev–Trinajstić information content (AvgIpc) is 2.38. The third-order valence-electron chi connectivity index (χ3n) is 5.18. The molecule has 0 aliphatic carbocycles. The predicted octanol–water partition coefficient (Wildman–Crippen LogP) is 1.49. The van der Waals surface area contributed by atoms with Gasteiger partial charge in [-0.05, 0) is 18.7 Å². The Kier molecular flexibility index (Phi) is 2.78. The molecule has 1 aromatic carbocycles. The summed E-state index contributed by atoms with van der Waals surface area (Å²) in [6, 6.07) is 9.38. The molecule has 1 aromatic rings. The molecule has 0 saturated carbocycles. The first-order valence-corrected chi connectivity index (χ1v) is 7.89. The van der Waals surface area contributed by atoms with Crippen LogP contribution in [0.1, 0.15) is 5.56 Å². The molecule has 1 N–H and O–H groups in total. The standard InChI is InChI=1S/C15H20BrN3/c1-17-14-11-6-18-8-15(14,9-19(7-11)10-18)12-4-2-3-5-13(12)16/h2-5,11,14,17H,6-10H2,1H3. The zero-order chi connectivity index (χ0) is 13.0. The minimum absolute atomic E-state index is 0.244. The molecule has 4 bridgehead atoms. The maximum absolute atomic E-state index is 3.78. The van der Waals surface area contributed by atoms with Gasteiger partial charge in [0.1, 0.15) is 0 Å². The lowest BCUT2D eigenvalue weighted by Gasteiger charge is -2.63. The minimum Gasteiger partial charge on any atom is -0.316 e. The van der Waals surface area contributed by atoms with E-state index in [0.717, 1.165) is 5.92 Å². The predicted molar refractivity (Wildman–Crippen MR) is 80.2 cm³/mol. The van der Waals surface area contributed by atoms with Crippen LogP contribution in [0, 0.1) is 5.92 Å². The second kappa shape index (κ2) is 4.29. The van der Waals surface area contributed by atoms with Crippen LogP contribution in [0.4, 0.5) is 0 Å². The summed E-state index contributed by atoms with van der Waals surface area (Å²) in [5.74, 6) is 0.758. The van der Waals surface area contributed by atoms with E-state index in [4.69, 9.17) is 0 Å². The van der Waals surface area contributed by atoms with E-state index in [1.807, 2.05) is 0 Å². The van der Waals surface area contributed by atoms with E-state index < -0.39 is 0 Å². The lowest BCUT2D eigenvalue weighted by Crippen LogP contribution is -2.77. The normalized spacial score (nSPS) is 43.7. The van der Waals surface area contributed by atoms with Crippen molar-refractivity contribution in [2.75, 3.05) is 39.9 Å². The molecule has 0 radical (unpaired) electrons. The second-order valence-electron chi connectivity index (χ2n) is 6.33. The molecule has 4 fully saturated rings. The summed E-state index contributed by atoms with van der Waals surface area (Å²) in [6.45, 7) is 6.06. The Bertz CT molecular complexity index is 490. The molecular weight excluding hydrogens is 302 g/mol. The third kappa shape index (κ3) is 1.67. The number of halogens is 1. The van der Waals surface area contributed by atoms with Crippen LogP contribution >= 0.6 is 15.9 Å². The highest BCUT2D eigenvalue weighted by Crippen LogP contribution is 2.46. The van der Waals surface area contributed by atoms with Gasteiger partial charge in [-0.25, -0.2) is 0 Å². The number of piperidine rings is 2. The molecule has 4 aliphatic rings. The summed E-state index contributed by atoms with van der Waals surface area (Å²) < 4.78 is 1.26. The highest BCUT2D eigenvalue weighted by molar-refractivity contribution is 9.10. The lowest BCUT2D eigenvalue weighted by atomic mass is 9.62. The molecule has 0 spiro atoms. The highest BCUT2D eigenvalue weighted by Gasteiger charge is 2.56. The number of nitrogens with one attached hydrogen (secondary N) is 1. The molecule has 3 nitrogen and oxygen atoms in total. The Balaban J connectivity index is 1.85. The van der Waals surface area contributed by atoms with E-state index in [0.29, 0.717) is 6.04 Å².